The molecule has 110 valence electrons. The van der Waals surface area contributed by atoms with Crippen molar-refractivity contribution in [2.24, 2.45) is 17.3 Å². The minimum absolute atomic E-state index is 0.0630. The van der Waals surface area contributed by atoms with Crippen molar-refractivity contribution in [1.82, 2.24) is 0 Å². The van der Waals surface area contributed by atoms with Crippen LogP contribution in [0.15, 0.2) is 0 Å². The molecule has 6 nitrogen and oxygen atoms in total. The van der Waals surface area contributed by atoms with Crippen molar-refractivity contribution >= 4 is 12.3 Å². The summed E-state index contributed by atoms with van der Waals surface area (Å²) >= 11 is 0. The first-order valence-corrected chi connectivity index (χ1v) is 6.33. The van der Waals surface area contributed by atoms with Crippen molar-refractivity contribution in [3.05, 3.63) is 0 Å². The maximum absolute atomic E-state index is 10.9. The number of hydrogen-bond donors (Lipinski definition) is 0. The molecule has 0 radical (unpaired) electrons. The molecule has 1 rings (SSSR count). The summed E-state index contributed by atoms with van der Waals surface area (Å²) in [5.41, 5.74) is 0.0630. The van der Waals surface area contributed by atoms with Gasteiger partial charge in [0.25, 0.3) is 0 Å². The fraction of sp³-hybridized carbons (Fsp3) is 0.846. The number of carbonyl (C=O) groups excluding carboxylic acids is 2. The van der Waals surface area contributed by atoms with Crippen molar-refractivity contribution < 1.29 is 28.5 Å². The summed E-state index contributed by atoms with van der Waals surface area (Å²) in [5.74, 6) is 0.762. The molecule has 0 N–H and O–H groups in total. The monoisotopic (exact) mass is 274 g/mol. The Morgan fingerprint density at radius 3 is 2.16 bits per heavy atom. The maximum Gasteiger partial charge on any atom is 0.507 e. The lowest BCUT2D eigenvalue weighted by molar-refractivity contribution is -0.0733. The Hall–Kier alpha value is -1.46. The third-order valence-corrected chi connectivity index (χ3v) is 4.10. The molecule has 1 fully saturated rings. The summed E-state index contributed by atoms with van der Waals surface area (Å²) in [4.78, 5) is 21.7. The molecular formula is C13H22O6. The Morgan fingerprint density at radius 1 is 1.05 bits per heavy atom. The lowest BCUT2D eigenvalue weighted by Gasteiger charge is -2.52. The second-order valence-electron chi connectivity index (χ2n) is 5.31. The second-order valence-corrected chi connectivity index (χ2v) is 5.31. The van der Waals surface area contributed by atoms with Gasteiger partial charge in [-0.25, -0.2) is 9.59 Å². The summed E-state index contributed by atoms with van der Waals surface area (Å²) in [6.45, 7) is 4.98. The number of ether oxygens (including phenoxy) is 4. The van der Waals surface area contributed by atoms with Crippen molar-refractivity contribution in [2.75, 3.05) is 27.4 Å². The molecule has 0 spiro atoms. The maximum atomic E-state index is 10.9. The topological polar surface area (TPSA) is 71.1 Å². The summed E-state index contributed by atoms with van der Waals surface area (Å²) in [6.07, 6.45) is 0.446. The van der Waals surface area contributed by atoms with Crippen molar-refractivity contribution in [1.29, 1.82) is 0 Å². The molecule has 0 amide bonds. The quantitative estimate of drug-likeness (QED) is 0.718. The van der Waals surface area contributed by atoms with Gasteiger partial charge in [0.05, 0.1) is 27.4 Å². The molecule has 0 heterocycles. The van der Waals surface area contributed by atoms with Gasteiger partial charge in [0.1, 0.15) is 0 Å². The predicted octanol–water partition coefficient (Wildman–Crippen LogP) is 2.60. The summed E-state index contributed by atoms with van der Waals surface area (Å²) in [6, 6.07) is 0. The zero-order valence-electron chi connectivity index (χ0n) is 11.9. The van der Waals surface area contributed by atoms with Crippen LogP contribution in [-0.2, 0) is 18.9 Å². The second kappa shape index (κ2) is 6.63. The predicted molar refractivity (Wildman–Crippen MR) is 66.7 cm³/mol. The molecule has 0 bridgehead atoms. The molecule has 2 atom stereocenters. The molecule has 0 aliphatic heterocycles. The van der Waals surface area contributed by atoms with Gasteiger partial charge >= 0.3 is 12.3 Å². The standard InChI is InChI=1S/C13H22O6/c1-13(2)9(5-6-18-11(14)16-3)7-10(13)8-19-12(15)17-4/h9-10H,5-8H2,1-4H3/t9-,10+/m1/s1. The molecule has 6 heteroatoms. The minimum Gasteiger partial charge on any atom is -0.438 e. The van der Waals surface area contributed by atoms with Gasteiger partial charge in [-0.15, -0.1) is 0 Å². The smallest absolute Gasteiger partial charge is 0.438 e. The Bertz CT molecular complexity index is 325. The van der Waals surface area contributed by atoms with Gasteiger partial charge < -0.3 is 18.9 Å². The molecular weight excluding hydrogens is 252 g/mol. The Labute approximate surface area is 113 Å². The van der Waals surface area contributed by atoms with E-state index in [1.165, 1.54) is 14.2 Å². The first-order chi connectivity index (χ1) is 8.91. The van der Waals surface area contributed by atoms with Gasteiger partial charge in [-0.2, -0.15) is 0 Å². The van der Waals surface area contributed by atoms with E-state index in [0.717, 1.165) is 12.8 Å². The van der Waals surface area contributed by atoms with Crippen LogP contribution in [0.5, 0.6) is 0 Å². The SMILES string of the molecule is COC(=O)OCC[C@@H]1C[C@@H](COC(=O)OC)C1(C)C. The van der Waals surface area contributed by atoms with Crippen LogP contribution in [0.2, 0.25) is 0 Å². The van der Waals surface area contributed by atoms with E-state index in [2.05, 4.69) is 23.3 Å². The lowest BCUT2D eigenvalue weighted by atomic mass is 9.54. The molecule has 0 aromatic carbocycles. The van der Waals surface area contributed by atoms with Crippen LogP contribution in [0.3, 0.4) is 0 Å². The average Bonchev–Trinajstić information content (AvgIpc) is 2.39. The third-order valence-electron chi connectivity index (χ3n) is 4.10. The largest absolute Gasteiger partial charge is 0.507 e. The van der Waals surface area contributed by atoms with Crippen molar-refractivity contribution in [3.63, 3.8) is 0 Å². The fourth-order valence-electron chi connectivity index (χ4n) is 2.47. The fourth-order valence-corrected chi connectivity index (χ4v) is 2.47. The summed E-state index contributed by atoms with van der Waals surface area (Å²) in [7, 11) is 2.58. The first-order valence-electron chi connectivity index (χ1n) is 6.33. The highest BCUT2D eigenvalue weighted by molar-refractivity contribution is 5.59. The van der Waals surface area contributed by atoms with Gasteiger partial charge in [-0.3, -0.25) is 0 Å². The third kappa shape index (κ3) is 4.01. The van der Waals surface area contributed by atoms with Crippen LogP contribution >= 0.6 is 0 Å². The first kappa shape index (κ1) is 15.6. The zero-order chi connectivity index (χ0) is 14.5. The lowest BCUT2D eigenvalue weighted by Crippen LogP contribution is -2.47. The number of rotatable bonds is 5. The van der Waals surface area contributed by atoms with E-state index in [0.29, 0.717) is 25.0 Å². The highest BCUT2D eigenvalue weighted by Crippen LogP contribution is 2.52. The van der Waals surface area contributed by atoms with E-state index in [4.69, 9.17) is 9.47 Å². The Kier molecular flexibility index (Phi) is 5.44. The van der Waals surface area contributed by atoms with Crippen LogP contribution < -0.4 is 0 Å². The molecule has 1 aliphatic rings. The van der Waals surface area contributed by atoms with Crippen LogP contribution in [0.4, 0.5) is 9.59 Å². The number of methoxy groups -OCH3 is 2. The Morgan fingerprint density at radius 2 is 1.63 bits per heavy atom. The summed E-state index contributed by atoms with van der Waals surface area (Å²) < 4.78 is 18.7. The highest BCUT2D eigenvalue weighted by Gasteiger charge is 2.48. The number of hydrogen-bond acceptors (Lipinski definition) is 6. The summed E-state index contributed by atoms with van der Waals surface area (Å²) in [5, 5.41) is 0. The number of carbonyl (C=O) groups is 2. The molecule has 1 saturated carbocycles. The van der Waals surface area contributed by atoms with E-state index in [1.54, 1.807) is 0 Å². The normalized spacial score (nSPS) is 24.0. The molecule has 0 saturated heterocycles. The van der Waals surface area contributed by atoms with Gasteiger partial charge in [0.15, 0.2) is 0 Å². The van der Waals surface area contributed by atoms with E-state index in [9.17, 15) is 9.59 Å². The molecule has 0 unspecified atom stereocenters. The highest BCUT2D eigenvalue weighted by atomic mass is 16.7. The molecule has 19 heavy (non-hydrogen) atoms. The minimum atomic E-state index is -0.650. The molecule has 0 aromatic heterocycles. The van der Waals surface area contributed by atoms with Gasteiger partial charge in [-0.05, 0) is 30.1 Å². The zero-order valence-corrected chi connectivity index (χ0v) is 11.9. The van der Waals surface area contributed by atoms with E-state index < -0.39 is 12.3 Å². The van der Waals surface area contributed by atoms with E-state index in [1.807, 2.05) is 0 Å². The molecule has 1 aliphatic carbocycles. The average molecular weight is 274 g/mol. The van der Waals surface area contributed by atoms with Crippen LogP contribution in [0.1, 0.15) is 26.7 Å². The van der Waals surface area contributed by atoms with Gasteiger partial charge in [-0.1, -0.05) is 13.8 Å². The van der Waals surface area contributed by atoms with E-state index in [-0.39, 0.29) is 5.41 Å². The van der Waals surface area contributed by atoms with Crippen molar-refractivity contribution in [3.8, 4) is 0 Å². The van der Waals surface area contributed by atoms with E-state index >= 15 is 0 Å². The Balaban J connectivity index is 2.26. The van der Waals surface area contributed by atoms with Gasteiger partial charge in [0.2, 0.25) is 0 Å². The van der Waals surface area contributed by atoms with Crippen LogP contribution in [-0.4, -0.2) is 39.7 Å². The molecule has 0 aromatic rings. The van der Waals surface area contributed by atoms with Gasteiger partial charge in [0, 0.05) is 0 Å². The van der Waals surface area contributed by atoms with Crippen molar-refractivity contribution in [2.45, 2.75) is 26.7 Å². The van der Waals surface area contributed by atoms with Crippen LogP contribution in [0.25, 0.3) is 0 Å². The van der Waals surface area contributed by atoms with Crippen LogP contribution in [0, 0.1) is 17.3 Å².